The molecule has 4 nitrogen and oxygen atoms in total. The number of aliphatic hydroxyl groups excluding tert-OH is 1. The lowest BCUT2D eigenvalue weighted by Crippen LogP contribution is -2.47. The van der Waals surface area contributed by atoms with Gasteiger partial charge in [0.15, 0.2) is 6.10 Å². The van der Waals surface area contributed by atoms with Crippen molar-refractivity contribution in [2.45, 2.75) is 49.9 Å². The number of benzene rings is 2. The summed E-state index contributed by atoms with van der Waals surface area (Å²) in [6, 6.07) is 15.2. The fraction of sp³-hybridized carbons (Fsp3) is 0.435. The molecule has 1 aliphatic heterocycles. The second-order valence-electron chi connectivity index (χ2n) is 7.94. The summed E-state index contributed by atoms with van der Waals surface area (Å²) in [5.74, 6) is -0.106. The summed E-state index contributed by atoms with van der Waals surface area (Å²) in [6.07, 6.45) is -6.40. The largest absolute Gasteiger partial charge is 0.448 e. The third-order valence-corrected chi connectivity index (χ3v) is 6.07. The first-order valence-electron chi connectivity index (χ1n) is 10.2. The Kier molecular flexibility index (Phi) is 5.73. The van der Waals surface area contributed by atoms with Gasteiger partial charge in [-0.3, -0.25) is 0 Å². The highest BCUT2D eigenvalue weighted by Crippen LogP contribution is 2.44. The zero-order valence-corrected chi connectivity index (χ0v) is 16.4. The van der Waals surface area contributed by atoms with Crippen molar-refractivity contribution in [3.8, 4) is 11.1 Å². The number of ether oxygens (including phenoxy) is 1. The van der Waals surface area contributed by atoms with E-state index in [-0.39, 0.29) is 12.5 Å². The van der Waals surface area contributed by atoms with Crippen molar-refractivity contribution in [3.05, 3.63) is 59.7 Å². The SMILES string of the molecule is O=C(OCC1c2ccccc2-c2ccccc21)N1CCCCC1CC(O)C(F)(F)F. The molecule has 2 atom stereocenters. The number of alkyl halides is 3. The molecule has 0 radical (unpaired) electrons. The van der Waals surface area contributed by atoms with E-state index < -0.39 is 30.8 Å². The summed E-state index contributed by atoms with van der Waals surface area (Å²) in [7, 11) is 0. The topological polar surface area (TPSA) is 49.8 Å². The molecular formula is C23H24F3NO3. The van der Waals surface area contributed by atoms with Crippen LogP contribution in [-0.4, -0.2) is 47.6 Å². The number of carbonyl (C=O) groups excluding carboxylic acids is 1. The van der Waals surface area contributed by atoms with Crippen LogP contribution in [0.15, 0.2) is 48.5 Å². The lowest BCUT2D eigenvalue weighted by molar-refractivity contribution is -0.209. The van der Waals surface area contributed by atoms with Crippen LogP contribution in [0.25, 0.3) is 11.1 Å². The number of halogens is 3. The van der Waals surface area contributed by atoms with E-state index in [4.69, 9.17) is 4.74 Å². The fourth-order valence-electron chi connectivity index (χ4n) is 4.55. The molecule has 1 aliphatic carbocycles. The molecule has 0 spiro atoms. The number of fused-ring (bicyclic) bond motifs is 3. The van der Waals surface area contributed by atoms with E-state index in [1.807, 2.05) is 48.5 Å². The lowest BCUT2D eigenvalue weighted by atomic mass is 9.97. The van der Waals surface area contributed by atoms with Crippen LogP contribution in [0, 0.1) is 0 Å². The molecular weight excluding hydrogens is 395 g/mol. The van der Waals surface area contributed by atoms with Crippen LogP contribution in [0.1, 0.15) is 42.7 Å². The monoisotopic (exact) mass is 419 g/mol. The second kappa shape index (κ2) is 8.30. The van der Waals surface area contributed by atoms with Gasteiger partial charge in [-0.05, 0) is 41.5 Å². The van der Waals surface area contributed by atoms with Gasteiger partial charge in [-0.2, -0.15) is 13.2 Å². The predicted octanol–water partition coefficient (Wildman–Crippen LogP) is 5.10. The quantitative estimate of drug-likeness (QED) is 0.750. The molecule has 0 aromatic heterocycles. The highest BCUT2D eigenvalue weighted by molar-refractivity contribution is 5.79. The molecule has 7 heteroatoms. The molecule has 2 unspecified atom stereocenters. The number of aliphatic hydroxyl groups is 1. The Morgan fingerprint density at radius 3 is 2.27 bits per heavy atom. The number of rotatable bonds is 4. The summed E-state index contributed by atoms with van der Waals surface area (Å²) >= 11 is 0. The van der Waals surface area contributed by atoms with E-state index in [9.17, 15) is 23.1 Å². The van der Waals surface area contributed by atoms with Crippen LogP contribution < -0.4 is 0 Å². The average Bonchev–Trinajstić information content (AvgIpc) is 3.05. The molecule has 2 aromatic rings. The first kappa shape index (κ1) is 20.7. The Labute approximate surface area is 173 Å². The molecule has 160 valence electrons. The molecule has 0 bridgehead atoms. The molecule has 1 amide bonds. The fourth-order valence-corrected chi connectivity index (χ4v) is 4.55. The highest BCUT2D eigenvalue weighted by atomic mass is 19.4. The van der Waals surface area contributed by atoms with Crippen LogP contribution in [0.2, 0.25) is 0 Å². The van der Waals surface area contributed by atoms with Gasteiger partial charge in [-0.25, -0.2) is 4.79 Å². The Morgan fingerprint density at radius 2 is 1.67 bits per heavy atom. The van der Waals surface area contributed by atoms with Crippen LogP contribution in [0.4, 0.5) is 18.0 Å². The third kappa shape index (κ3) is 4.03. The maximum atomic E-state index is 12.8. The van der Waals surface area contributed by atoms with E-state index in [0.717, 1.165) is 28.7 Å². The van der Waals surface area contributed by atoms with Crippen LogP contribution in [0.3, 0.4) is 0 Å². The first-order chi connectivity index (χ1) is 14.4. The molecule has 1 fully saturated rings. The molecule has 2 aliphatic rings. The van der Waals surface area contributed by atoms with Gasteiger partial charge >= 0.3 is 12.3 Å². The van der Waals surface area contributed by atoms with Crippen molar-refractivity contribution in [2.75, 3.05) is 13.2 Å². The van der Waals surface area contributed by atoms with Gasteiger partial charge in [0, 0.05) is 24.9 Å². The van der Waals surface area contributed by atoms with E-state index in [1.54, 1.807) is 0 Å². The van der Waals surface area contributed by atoms with Crippen molar-refractivity contribution in [1.82, 2.24) is 4.90 Å². The van der Waals surface area contributed by atoms with Crippen LogP contribution in [0.5, 0.6) is 0 Å². The van der Waals surface area contributed by atoms with Crippen LogP contribution >= 0.6 is 0 Å². The maximum Gasteiger partial charge on any atom is 0.414 e. The number of amides is 1. The van der Waals surface area contributed by atoms with Gasteiger partial charge < -0.3 is 14.7 Å². The number of hydrogen-bond donors (Lipinski definition) is 1. The third-order valence-electron chi connectivity index (χ3n) is 6.07. The second-order valence-corrected chi connectivity index (χ2v) is 7.94. The standard InChI is InChI=1S/C23H24F3NO3/c24-23(25,26)21(28)13-15-7-5-6-12-27(15)22(29)30-14-20-18-10-3-1-8-16(18)17-9-2-4-11-19(17)20/h1-4,8-11,15,20-21,28H,5-7,12-14H2. The molecule has 30 heavy (non-hydrogen) atoms. The Morgan fingerprint density at radius 1 is 1.07 bits per heavy atom. The predicted molar refractivity (Wildman–Crippen MR) is 106 cm³/mol. The minimum absolute atomic E-state index is 0.106. The van der Waals surface area contributed by atoms with Gasteiger partial charge in [0.2, 0.25) is 0 Å². The van der Waals surface area contributed by atoms with Crippen molar-refractivity contribution >= 4 is 6.09 Å². The summed E-state index contributed by atoms with van der Waals surface area (Å²) < 4.78 is 43.9. The molecule has 4 rings (SSSR count). The molecule has 1 N–H and O–H groups in total. The molecule has 0 saturated carbocycles. The van der Waals surface area contributed by atoms with Crippen molar-refractivity contribution in [1.29, 1.82) is 0 Å². The number of nitrogens with zero attached hydrogens (tertiary/aromatic N) is 1. The average molecular weight is 419 g/mol. The number of likely N-dealkylation sites (tertiary alicyclic amines) is 1. The van der Waals surface area contributed by atoms with Crippen molar-refractivity contribution in [2.24, 2.45) is 0 Å². The molecule has 1 heterocycles. The first-order valence-corrected chi connectivity index (χ1v) is 10.2. The van der Waals surface area contributed by atoms with Crippen molar-refractivity contribution < 1.29 is 27.8 Å². The highest BCUT2D eigenvalue weighted by Gasteiger charge is 2.42. The number of carbonyl (C=O) groups is 1. The Hall–Kier alpha value is -2.54. The van der Waals surface area contributed by atoms with E-state index in [2.05, 4.69) is 0 Å². The summed E-state index contributed by atoms with van der Waals surface area (Å²) in [5, 5.41) is 9.45. The minimum Gasteiger partial charge on any atom is -0.448 e. The van der Waals surface area contributed by atoms with Gasteiger partial charge in [-0.1, -0.05) is 48.5 Å². The summed E-state index contributed by atoms with van der Waals surface area (Å²) in [5.41, 5.74) is 4.37. The molecule has 2 aromatic carbocycles. The van der Waals surface area contributed by atoms with Crippen LogP contribution in [-0.2, 0) is 4.74 Å². The zero-order chi connectivity index (χ0) is 21.3. The zero-order valence-electron chi connectivity index (χ0n) is 16.4. The van der Waals surface area contributed by atoms with E-state index in [0.29, 0.717) is 19.4 Å². The van der Waals surface area contributed by atoms with Crippen molar-refractivity contribution in [3.63, 3.8) is 0 Å². The van der Waals surface area contributed by atoms with Gasteiger partial charge in [0.05, 0.1) is 0 Å². The maximum absolute atomic E-state index is 12.8. The van der Waals surface area contributed by atoms with Gasteiger partial charge in [0.1, 0.15) is 6.61 Å². The Balaban J connectivity index is 1.46. The molecule has 1 saturated heterocycles. The lowest BCUT2D eigenvalue weighted by Gasteiger charge is -2.36. The van der Waals surface area contributed by atoms with Gasteiger partial charge in [-0.15, -0.1) is 0 Å². The van der Waals surface area contributed by atoms with E-state index >= 15 is 0 Å². The summed E-state index contributed by atoms with van der Waals surface area (Å²) in [6.45, 7) is 0.462. The number of hydrogen-bond acceptors (Lipinski definition) is 3. The summed E-state index contributed by atoms with van der Waals surface area (Å²) in [4.78, 5) is 14.1. The van der Waals surface area contributed by atoms with E-state index in [1.165, 1.54) is 4.90 Å². The number of piperidine rings is 1. The smallest absolute Gasteiger partial charge is 0.414 e. The minimum atomic E-state index is -4.69. The normalized spacial score (nSPS) is 19.9. The van der Waals surface area contributed by atoms with Gasteiger partial charge in [0.25, 0.3) is 0 Å². The Bertz CT molecular complexity index is 869.